The average molecular weight is 248 g/mol. The molecule has 0 spiro atoms. The Kier molecular flexibility index (Phi) is 7.70. The Morgan fingerprint density at radius 1 is 1.11 bits per heavy atom. The molecule has 0 saturated heterocycles. The van der Waals surface area contributed by atoms with E-state index >= 15 is 0 Å². The van der Waals surface area contributed by atoms with Crippen LogP contribution in [0, 0.1) is 0 Å². The van der Waals surface area contributed by atoms with E-state index in [1.807, 2.05) is 0 Å². The lowest BCUT2D eigenvalue weighted by Crippen LogP contribution is -2.32. The van der Waals surface area contributed by atoms with Crippen LogP contribution >= 0.6 is 0 Å². The van der Waals surface area contributed by atoms with E-state index in [1.54, 1.807) is 0 Å². The molecule has 1 N–H and O–H groups in total. The van der Waals surface area contributed by atoms with Crippen molar-refractivity contribution in [2.24, 2.45) is 0 Å². The van der Waals surface area contributed by atoms with Crippen LogP contribution in [0.1, 0.15) is 32.8 Å². The fourth-order valence-corrected chi connectivity index (χ4v) is 2.23. The zero-order valence-electron chi connectivity index (χ0n) is 12.2. The molecule has 0 bridgehead atoms. The largest absolute Gasteiger partial charge is 0.314 e. The fraction of sp³-hybridized carbons (Fsp3) is 0.625. The SMILES string of the molecule is CCN(CC)CCCNC(C)Cc1ccccc1. The molecule has 1 atom stereocenters. The summed E-state index contributed by atoms with van der Waals surface area (Å²) in [5, 5.41) is 3.61. The van der Waals surface area contributed by atoms with Crippen LogP contribution in [0.4, 0.5) is 0 Å². The summed E-state index contributed by atoms with van der Waals surface area (Å²) in [4.78, 5) is 2.48. The van der Waals surface area contributed by atoms with Gasteiger partial charge in [0.05, 0.1) is 0 Å². The zero-order valence-corrected chi connectivity index (χ0v) is 12.2. The first-order chi connectivity index (χ1) is 8.76. The van der Waals surface area contributed by atoms with Crippen molar-refractivity contribution >= 4 is 0 Å². The highest BCUT2D eigenvalue weighted by molar-refractivity contribution is 5.15. The summed E-state index contributed by atoms with van der Waals surface area (Å²) >= 11 is 0. The van der Waals surface area contributed by atoms with Crippen LogP contribution < -0.4 is 5.32 Å². The lowest BCUT2D eigenvalue weighted by atomic mass is 10.1. The van der Waals surface area contributed by atoms with Crippen molar-refractivity contribution in [1.82, 2.24) is 10.2 Å². The van der Waals surface area contributed by atoms with E-state index in [2.05, 4.69) is 61.3 Å². The van der Waals surface area contributed by atoms with Crippen molar-refractivity contribution in [3.8, 4) is 0 Å². The zero-order chi connectivity index (χ0) is 13.2. The van der Waals surface area contributed by atoms with Gasteiger partial charge in [0.25, 0.3) is 0 Å². The van der Waals surface area contributed by atoms with Crippen molar-refractivity contribution < 1.29 is 0 Å². The van der Waals surface area contributed by atoms with Crippen LogP contribution in [0.3, 0.4) is 0 Å². The normalized spacial score (nSPS) is 12.9. The van der Waals surface area contributed by atoms with Gasteiger partial charge in [-0.1, -0.05) is 44.2 Å². The lowest BCUT2D eigenvalue weighted by Gasteiger charge is -2.19. The van der Waals surface area contributed by atoms with Gasteiger partial charge < -0.3 is 10.2 Å². The van der Waals surface area contributed by atoms with Crippen LogP contribution in [-0.2, 0) is 6.42 Å². The summed E-state index contributed by atoms with van der Waals surface area (Å²) in [6.07, 6.45) is 2.35. The molecule has 1 aromatic rings. The van der Waals surface area contributed by atoms with Crippen LogP contribution in [-0.4, -0.2) is 37.1 Å². The van der Waals surface area contributed by atoms with Crippen LogP contribution in [0.2, 0.25) is 0 Å². The third-order valence-electron chi connectivity index (χ3n) is 3.42. The average Bonchev–Trinajstić information content (AvgIpc) is 2.40. The monoisotopic (exact) mass is 248 g/mol. The Balaban J connectivity index is 2.12. The minimum atomic E-state index is 0.559. The van der Waals surface area contributed by atoms with Crippen molar-refractivity contribution in [3.63, 3.8) is 0 Å². The maximum absolute atomic E-state index is 3.61. The molecule has 1 unspecified atom stereocenters. The Labute approximate surface area is 112 Å². The lowest BCUT2D eigenvalue weighted by molar-refractivity contribution is 0.296. The van der Waals surface area contributed by atoms with E-state index in [0.29, 0.717) is 6.04 Å². The van der Waals surface area contributed by atoms with E-state index in [1.165, 1.54) is 18.5 Å². The molecule has 0 aliphatic rings. The van der Waals surface area contributed by atoms with Gasteiger partial charge in [-0.05, 0) is 51.5 Å². The Morgan fingerprint density at radius 2 is 1.78 bits per heavy atom. The number of hydrogen-bond donors (Lipinski definition) is 1. The van der Waals surface area contributed by atoms with Gasteiger partial charge >= 0.3 is 0 Å². The Bertz CT molecular complexity index is 293. The molecule has 2 heteroatoms. The molecular weight excluding hydrogens is 220 g/mol. The van der Waals surface area contributed by atoms with Gasteiger partial charge in [0, 0.05) is 6.04 Å². The van der Waals surface area contributed by atoms with Crippen molar-refractivity contribution in [2.45, 2.75) is 39.7 Å². The van der Waals surface area contributed by atoms with Crippen LogP contribution in [0.5, 0.6) is 0 Å². The molecule has 0 heterocycles. The quantitative estimate of drug-likeness (QED) is 0.676. The van der Waals surface area contributed by atoms with E-state index in [0.717, 1.165) is 26.1 Å². The number of rotatable bonds is 9. The Morgan fingerprint density at radius 3 is 2.39 bits per heavy atom. The van der Waals surface area contributed by atoms with Gasteiger partial charge in [-0.15, -0.1) is 0 Å². The van der Waals surface area contributed by atoms with Crippen molar-refractivity contribution in [2.75, 3.05) is 26.2 Å². The number of nitrogens with zero attached hydrogens (tertiary/aromatic N) is 1. The number of nitrogens with one attached hydrogen (secondary N) is 1. The second kappa shape index (κ2) is 9.12. The third-order valence-corrected chi connectivity index (χ3v) is 3.42. The van der Waals surface area contributed by atoms with Gasteiger partial charge in [0.15, 0.2) is 0 Å². The maximum atomic E-state index is 3.61. The summed E-state index contributed by atoms with van der Waals surface area (Å²) in [6, 6.07) is 11.3. The molecule has 0 aromatic heterocycles. The summed E-state index contributed by atoms with van der Waals surface area (Å²) in [7, 11) is 0. The molecule has 18 heavy (non-hydrogen) atoms. The minimum Gasteiger partial charge on any atom is -0.314 e. The molecule has 0 saturated carbocycles. The van der Waals surface area contributed by atoms with Crippen molar-refractivity contribution in [1.29, 1.82) is 0 Å². The molecule has 0 amide bonds. The predicted octanol–water partition coefficient (Wildman–Crippen LogP) is 2.94. The summed E-state index contributed by atoms with van der Waals surface area (Å²) < 4.78 is 0. The standard InChI is InChI=1S/C16H28N2/c1-4-18(5-2)13-9-12-17-15(3)14-16-10-7-6-8-11-16/h6-8,10-11,15,17H,4-5,9,12-14H2,1-3H3. The second-order valence-electron chi connectivity index (χ2n) is 4.93. The van der Waals surface area contributed by atoms with Gasteiger partial charge in [0.2, 0.25) is 0 Å². The molecule has 1 aromatic carbocycles. The molecule has 1 rings (SSSR count). The summed E-state index contributed by atoms with van der Waals surface area (Å²) in [6.45, 7) is 11.4. The first-order valence-corrected chi connectivity index (χ1v) is 7.25. The molecule has 0 fully saturated rings. The number of hydrogen-bond acceptors (Lipinski definition) is 2. The van der Waals surface area contributed by atoms with Gasteiger partial charge in [-0.25, -0.2) is 0 Å². The molecule has 102 valence electrons. The maximum Gasteiger partial charge on any atom is 0.00791 e. The smallest absolute Gasteiger partial charge is 0.00791 e. The van der Waals surface area contributed by atoms with Crippen LogP contribution in [0.25, 0.3) is 0 Å². The molecular formula is C16H28N2. The Hall–Kier alpha value is -0.860. The highest BCUT2D eigenvalue weighted by Gasteiger charge is 2.03. The highest BCUT2D eigenvalue weighted by atomic mass is 15.1. The van der Waals surface area contributed by atoms with E-state index < -0.39 is 0 Å². The summed E-state index contributed by atoms with van der Waals surface area (Å²) in [5.74, 6) is 0. The van der Waals surface area contributed by atoms with E-state index in [4.69, 9.17) is 0 Å². The third kappa shape index (κ3) is 6.18. The van der Waals surface area contributed by atoms with E-state index in [-0.39, 0.29) is 0 Å². The fourth-order valence-electron chi connectivity index (χ4n) is 2.23. The molecule has 0 aliphatic heterocycles. The summed E-state index contributed by atoms with van der Waals surface area (Å²) in [5.41, 5.74) is 1.42. The second-order valence-corrected chi connectivity index (χ2v) is 4.93. The molecule has 0 radical (unpaired) electrons. The first-order valence-electron chi connectivity index (χ1n) is 7.25. The van der Waals surface area contributed by atoms with Gasteiger partial charge in [-0.3, -0.25) is 0 Å². The van der Waals surface area contributed by atoms with E-state index in [9.17, 15) is 0 Å². The predicted molar refractivity (Wildman–Crippen MR) is 80.0 cm³/mol. The van der Waals surface area contributed by atoms with Crippen LogP contribution in [0.15, 0.2) is 30.3 Å². The topological polar surface area (TPSA) is 15.3 Å². The van der Waals surface area contributed by atoms with Gasteiger partial charge in [-0.2, -0.15) is 0 Å². The highest BCUT2D eigenvalue weighted by Crippen LogP contribution is 2.02. The number of benzene rings is 1. The first kappa shape index (κ1) is 15.2. The van der Waals surface area contributed by atoms with Crippen molar-refractivity contribution in [3.05, 3.63) is 35.9 Å². The molecule has 2 nitrogen and oxygen atoms in total. The van der Waals surface area contributed by atoms with Gasteiger partial charge in [0.1, 0.15) is 0 Å². The molecule has 0 aliphatic carbocycles. The minimum absolute atomic E-state index is 0.559.